The summed E-state index contributed by atoms with van der Waals surface area (Å²) in [6.45, 7) is -0.225. The molecule has 3 rings (SSSR count). The minimum absolute atomic E-state index is 0.0211. The molecule has 186 valence electrons. The number of carbonyl (C=O) groups excluding carboxylic acids is 1. The lowest BCUT2D eigenvalue weighted by Gasteiger charge is -2.19. The Morgan fingerprint density at radius 3 is 2.60 bits per heavy atom. The fourth-order valence-corrected chi connectivity index (χ4v) is 3.90. The average Bonchev–Trinajstić information content (AvgIpc) is 3.26. The molecule has 11 nitrogen and oxygen atoms in total. The predicted molar refractivity (Wildman–Crippen MR) is 129 cm³/mol. The van der Waals surface area contributed by atoms with Crippen molar-refractivity contribution >= 4 is 48.5 Å². The number of oxazole rings is 1. The lowest BCUT2D eigenvalue weighted by molar-refractivity contribution is -0.118. The molecule has 6 N–H and O–H groups in total. The molecule has 0 aliphatic heterocycles. The average molecular weight is 543 g/mol. The van der Waals surface area contributed by atoms with Crippen LogP contribution in [0.2, 0.25) is 10.0 Å². The second-order valence-electron chi connectivity index (χ2n) is 7.26. The third-order valence-corrected chi connectivity index (χ3v) is 5.93. The van der Waals surface area contributed by atoms with Gasteiger partial charge in [0.25, 0.3) is 0 Å². The van der Waals surface area contributed by atoms with Gasteiger partial charge in [0.05, 0.1) is 35.1 Å². The van der Waals surface area contributed by atoms with Gasteiger partial charge < -0.3 is 24.6 Å². The van der Waals surface area contributed by atoms with E-state index in [1.165, 1.54) is 24.4 Å². The van der Waals surface area contributed by atoms with E-state index in [4.69, 9.17) is 37.4 Å². The summed E-state index contributed by atoms with van der Waals surface area (Å²) in [5.41, 5.74) is 0.501. The number of carboxylic acid groups (broad SMARTS) is 1. The van der Waals surface area contributed by atoms with Gasteiger partial charge in [-0.25, -0.2) is 19.4 Å². The number of carbonyl (C=O) groups is 2. The molecule has 0 aliphatic rings. The van der Waals surface area contributed by atoms with Gasteiger partial charge in [-0.3, -0.25) is 10.1 Å². The fraction of sp³-hybridized carbons (Fsp3) is 0.190. The number of halogens is 2. The standard InChI is InChI=1S/C21H21Cl2N4O7P/c22-12-5-6-15(23)14(9-12)18-10-25-19(34-18)11-24-17(7-8-26-35(31,32)33)20(28)27-16-4-2-1-3-13(16)21(29)30/h1-6,9-10,17,24H,7-8,11H2,(H,27,28)(H,29,30)(H3,26,31,32,33). The molecule has 1 atom stereocenters. The van der Waals surface area contributed by atoms with Crippen molar-refractivity contribution in [2.24, 2.45) is 0 Å². The van der Waals surface area contributed by atoms with Crippen molar-refractivity contribution < 1.29 is 33.5 Å². The highest BCUT2D eigenvalue weighted by Crippen LogP contribution is 2.31. The zero-order valence-corrected chi connectivity index (χ0v) is 20.3. The molecule has 1 amide bonds. The first-order chi connectivity index (χ1) is 16.5. The second-order valence-corrected chi connectivity index (χ2v) is 9.50. The van der Waals surface area contributed by atoms with Crippen LogP contribution in [0.25, 0.3) is 11.3 Å². The molecule has 1 aromatic heterocycles. The second kappa shape index (κ2) is 11.8. The van der Waals surface area contributed by atoms with E-state index in [2.05, 4.69) is 15.6 Å². The minimum Gasteiger partial charge on any atom is -0.478 e. The molecule has 1 unspecified atom stereocenters. The van der Waals surface area contributed by atoms with Crippen LogP contribution in [0.15, 0.2) is 53.1 Å². The summed E-state index contributed by atoms with van der Waals surface area (Å²) in [5, 5.41) is 17.7. The van der Waals surface area contributed by atoms with Crippen molar-refractivity contribution in [1.29, 1.82) is 0 Å². The first-order valence-electron chi connectivity index (χ1n) is 10.1. The van der Waals surface area contributed by atoms with Gasteiger partial charge in [0.15, 0.2) is 5.76 Å². The molecule has 0 fully saturated rings. The topological polar surface area (TPSA) is 174 Å². The number of rotatable bonds is 11. The lowest BCUT2D eigenvalue weighted by Crippen LogP contribution is -2.42. The zero-order chi connectivity index (χ0) is 25.6. The van der Waals surface area contributed by atoms with Crippen LogP contribution in [0, 0.1) is 0 Å². The molecule has 3 aromatic rings. The van der Waals surface area contributed by atoms with Crippen molar-refractivity contribution in [2.75, 3.05) is 11.9 Å². The number of benzene rings is 2. The van der Waals surface area contributed by atoms with Crippen molar-refractivity contribution in [2.45, 2.75) is 19.0 Å². The normalized spacial score (nSPS) is 12.3. The first-order valence-corrected chi connectivity index (χ1v) is 12.5. The van der Waals surface area contributed by atoms with Crippen LogP contribution in [-0.2, 0) is 15.9 Å². The van der Waals surface area contributed by atoms with Gasteiger partial charge in [-0.1, -0.05) is 35.3 Å². The van der Waals surface area contributed by atoms with Crippen LogP contribution in [0.3, 0.4) is 0 Å². The SMILES string of the molecule is O=C(O)c1ccccc1NC(=O)C(CCNP(=O)(O)O)NCc1ncc(-c2cc(Cl)ccc2Cl)o1. The Labute approximate surface area is 209 Å². The van der Waals surface area contributed by atoms with E-state index in [1.807, 2.05) is 5.09 Å². The maximum absolute atomic E-state index is 12.9. The van der Waals surface area contributed by atoms with E-state index in [1.54, 1.807) is 24.3 Å². The van der Waals surface area contributed by atoms with E-state index >= 15 is 0 Å². The third-order valence-electron chi connectivity index (χ3n) is 4.73. The van der Waals surface area contributed by atoms with Crippen LogP contribution in [0.1, 0.15) is 22.7 Å². The number of hydrogen-bond donors (Lipinski definition) is 6. The van der Waals surface area contributed by atoms with Crippen molar-refractivity contribution in [3.63, 3.8) is 0 Å². The summed E-state index contributed by atoms with van der Waals surface area (Å²) in [4.78, 5) is 46.5. The highest BCUT2D eigenvalue weighted by atomic mass is 35.5. The number of hydrogen-bond acceptors (Lipinski definition) is 6. The number of aromatic nitrogens is 1. The predicted octanol–water partition coefficient (Wildman–Crippen LogP) is 3.52. The Hall–Kier alpha value is -2.76. The largest absolute Gasteiger partial charge is 0.478 e. The van der Waals surface area contributed by atoms with E-state index in [0.29, 0.717) is 21.4 Å². The molecule has 0 saturated heterocycles. The highest BCUT2D eigenvalue weighted by Gasteiger charge is 2.23. The molecule has 35 heavy (non-hydrogen) atoms. The summed E-state index contributed by atoms with van der Waals surface area (Å²) in [7, 11) is -4.50. The molecule has 2 aromatic carbocycles. The van der Waals surface area contributed by atoms with Crippen LogP contribution in [-0.4, -0.2) is 44.3 Å². The maximum atomic E-state index is 12.9. The van der Waals surface area contributed by atoms with Crippen LogP contribution in [0.5, 0.6) is 0 Å². The Morgan fingerprint density at radius 2 is 1.89 bits per heavy atom. The Morgan fingerprint density at radius 1 is 1.14 bits per heavy atom. The van der Waals surface area contributed by atoms with E-state index in [-0.39, 0.29) is 36.7 Å². The molecule has 14 heteroatoms. The summed E-state index contributed by atoms with van der Waals surface area (Å²) >= 11 is 12.2. The summed E-state index contributed by atoms with van der Waals surface area (Å²) in [6.07, 6.45) is 1.40. The summed E-state index contributed by atoms with van der Waals surface area (Å²) < 4.78 is 16.8. The first kappa shape index (κ1) is 26.8. The molecule has 0 bridgehead atoms. The van der Waals surface area contributed by atoms with Gasteiger partial charge in [0.2, 0.25) is 11.8 Å². The van der Waals surface area contributed by atoms with Crippen LogP contribution < -0.4 is 15.7 Å². The fourth-order valence-electron chi connectivity index (χ4n) is 3.09. The number of carboxylic acids is 1. The van der Waals surface area contributed by atoms with Crippen molar-refractivity contribution in [1.82, 2.24) is 15.4 Å². The number of amides is 1. The molecular weight excluding hydrogens is 522 g/mol. The quantitative estimate of drug-likeness (QED) is 0.197. The Kier molecular flexibility index (Phi) is 9.03. The number of nitrogens with zero attached hydrogens (tertiary/aromatic N) is 1. The molecule has 0 aliphatic carbocycles. The Balaban J connectivity index is 1.73. The van der Waals surface area contributed by atoms with Gasteiger partial charge in [0.1, 0.15) is 0 Å². The number of para-hydroxylation sites is 1. The third kappa shape index (κ3) is 7.87. The lowest BCUT2D eigenvalue weighted by atomic mass is 10.1. The summed E-state index contributed by atoms with van der Waals surface area (Å²) in [6, 6.07) is 9.73. The monoisotopic (exact) mass is 542 g/mol. The highest BCUT2D eigenvalue weighted by molar-refractivity contribution is 7.49. The van der Waals surface area contributed by atoms with Gasteiger partial charge in [0, 0.05) is 17.1 Å². The van der Waals surface area contributed by atoms with Crippen molar-refractivity contribution in [3.8, 4) is 11.3 Å². The molecule has 1 heterocycles. The zero-order valence-electron chi connectivity index (χ0n) is 17.9. The smallest absolute Gasteiger partial charge is 0.400 e. The van der Waals surface area contributed by atoms with E-state index in [0.717, 1.165) is 0 Å². The summed E-state index contributed by atoms with van der Waals surface area (Å²) in [5.74, 6) is -1.27. The van der Waals surface area contributed by atoms with Gasteiger partial charge in [-0.05, 0) is 36.8 Å². The molecule has 0 radical (unpaired) electrons. The van der Waals surface area contributed by atoms with E-state index < -0.39 is 25.7 Å². The minimum atomic E-state index is -4.50. The number of aromatic carboxylic acids is 1. The molecular formula is C21H21Cl2N4O7P. The van der Waals surface area contributed by atoms with Crippen LogP contribution in [0.4, 0.5) is 5.69 Å². The Bertz CT molecular complexity index is 1260. The molecule has 0 saturated carbocycles. The van der Waals surface area contributed by atoms with Gasteiger partial charge in [-0.15, -0.1) is 0 Å². The molecule has 0 spiro atoms. The number of nitrogens with one attached hydrogen (secondary N) is 3. The van der Waals surface area contributed by atoms with Gasteiger partial charge in [-0.2, -0.15) is 0 Å². The van der Waals surface area contributed by atoms with Crippen LogP contribution >= 0.6 is 30.9 Å². The van der Waals surface area contributed by atoms with Crippen molar-refractivity contribution in [3.05, 3.63) is 70.2 Å². The number of anilines is 1. The van der Waals surface area contributed by atoms with Gasteiger partial charge >= 0.3 is 13.7 Å². The van der Waals surface area contributed by atoms with E-state index in [9.17, 15) is 19.3 Å². The maximum Gasteiger partial charge on any atom is 0.400 e.